The fourth-order valence-electron chi connectivity index (χ4n) is 3.75. The van der Waals surface area contributed by atoms with Gasteiger partial charge in [0.05, 0.1) is 11.7 Å². The molecule has 0 aliphatic carbocycles. The number of aromatic nitrogens is 3. The summed E-state index contributed by atoms with van der Waals surface area (Å²) in [5, 5.41) is 8.47. The average Bonchev–Trinajstić information content (AvgIpc) is 3.26. The van der Waals surface area contributed by atoms with E-state index in [9.17, 15) is 4.79 Å². The van der Waals surface area contributed by atoms with E-state index in [1.54, 1.807) is 0 Å². The van der Waals surface area contributed by atoms with Gasteiger partial charge in [-0.1, -0.05) is 30.3 Å². The molecule has 0 bridgehead atoms. The van der Waals surface area contributed by atoms with E-state index in [4.69, 9.17) is 0 Å². The molecule has 4 aromatic rings. The number of carbonyl (C=O) groups excluding carboxylic acids is 1. The lowest BCUT2D eigenvalue weighted by Gasteiger charge is -2.07. The molecule has 2 aromatic carbocycles. The maximum atomic E-state index is 12.2. The summed E-state index contributed by atoms with van der Waals surface area (Å²) < 4.78 is 3.76. The van der Waals surface area contributed by atoms with Gasteiger partial charge >= 0.3 is 0 Å². The number of hydrogen-bond acceptors (Lipinski definition) is 2. The number of aryl methyl sites for hydroxylation is 4. The zero-order valence-electron chi connectivity index (χ0n) is 17.1. The van der Waals surface area contributed by atoms with Crippen LogP contribution in [-0.2, 0) is 20.5 Å². The summed E-state index contributed by atoms with van der Waals surface area (Å²) in [7, 11) is 3.86. The van der Waals surface area contributed by atoms with Crippen molar-refractivity contribution in [1.29, 1.82) is 0 Å². The van der Waals surface area contributed by atoms with Gasteiger partial charge in [-0.05, 0) is 60.2 Å². The Morgan fingerprint density at radius 2 is 1.79 bits per heavy atom. The Hall–Kier alpha value is -3.34. The predicted molar refractivity (Wildman–Crippen MR) is 117 cm³/mol. The predicted octanol–water partition coefficient (Wildman–Crippen LogP) is 4.25. The van der Waals surface area contributed by atoms with Crippen molar-refractivity contribution in [3.8, 4) is 11.1 Å². The Kier molecular flexibility index (Phi) is 5.21. The van der Waals surface area contributed by atoms with Crippen molar-refractivity contribution < 1.29 is 4.79 Å². The van der Waals surface area contributed by atoms with Crippen molar-refractivity contribution in [2.75, 3.05) is 6.54 Å². The van der Waals surface area contributed by atoms with E-state index in [1.165, 1.54) is 16.7 Å². The van der Waals surface area contributed by atoms with Gasteiger partial charge in [0, 0.05) is 32.2 Å². The standard InChI is InChI=1S/C24H26N4O/c1-17-13-23(27(2)16-17)24(29)25-12-4-5-18-6-8-19(9-7-18)20-10-11-22-21(14-20)15-26-28(22)3/h6-11,13-16H,4-5,12H2,1-3H3,(H,25,29). The minimum atomic E-state index is -0.0123. The van der Waals surface area contributed by atoms with E-state index in [-0.39, 0.29) is 5.91 Å². The third-order valence-electron chi connectivity index (χ3n) is 5.34. The quantitative estimate of drug-likeness (QED) is 0.504. The molecule has 148 valence electrons. The first-order valence-electron chi connectivity index (χ1n) is 9.93. The zero-order valence-corrected chi connectivity index (χ0v) is 17.1. The largest absolute Gasteiger partial charge is 0.351 e. The lowest BCUT2D eigenvalue weighted by atomic mass is 10.0. The average molecular weight is 386 g/mol. The topological polar surface area (TPSA) is 51.9 Å². The van der Waals surface area contributed by atoms with Gasteiger partial charge in [0.1, 0.15) is 5.69 Å². The summed E-state index contributed by atoms with van der Waals surface area (Å²) in [4.78, 5) is 12.2. The number of benzene rings is 2. The smallest absolute Gasteiger partial charge is 0.267 e. The van der Waals surface area contributed by atoms with Crippen LogP contribution in [0.4, 0.5) is 0 Å². The molecular weight excluding hydrogens is 360 g/mol. The highest BCUT2D eigenvalue weighted by atomic mass is 16.1. The lowest BCUT2D eigenvalue weighted by molar-refractivity contribution is 0.0945. The number of nitrogens with zero attached hydrogens (tertiary/aromatic N) is 3. The first kappa shape index (κ1) is 19.0. The molecule has 1 N–H and O–H groups in total. The molecule has 0 fully saturated rings. The van der Waals surface area contributed by atoms with Crippen molar-refractivity contribution in [1.82, 2.24) is 19.7 Å². The number of fused-ring (bicyclic) bond motifs is 1. The van der Waals surface area contributed by atoms with Crippen molar-refractivity contribution in [3.05, 3.63) is 77.7 Å². The summed E-state index contributed by atoms with van der Waals surface area (Å²) in [6, 6.07) is 17.0. The molecule has 5 nitrogen and oxygen atoms in total. The molecule has 1 amide bonds. The van der Waals surface area contributed by atoms with Crippen LogP contribution in [0.3, 0.4) is 0 Å². The van der Waals surface area contributed by atoms with E-state index in [1.807, 2.05) is 48.7 Å². The molecule has 2 aromatic heterocycles. The minimum absolute atomic E-state index is 0.0123. The van der Waals surface area contributed by atoms with Gasteiger partial charge in [0.15, 0.2) is 0 Å². The molecule has 0 atom stereocenters. The van der Waals surface area contributed by atoms with Crippen molar-refractivity contribution in [2.45, 2.75) is 19.8 Å². The Labute approximate surface area is 171 Å². The normalized spacial score (nSPS) is 11.1. The molecule has 5 heteroatoms. The molecule has 4 rings (SSSR count). The monoisotopic (exact) mass is 386 g/mol. The van der Waals surface area contributed by atoms with Gasteiger partial charge in [0.25, 0.3) is 5.91 Å². The van der Waals surface area contributed by atoms with E-state index in [2.05, 4.69) is 52.9 Å². The van der Waals surface area contributed by atoms with Gasteiger partial charge in [-0.3, -0.25) is 9.48 Å². The highest BCUT2D eigenvalue weighted by molar-refractivity contribution is 5.92. The molecule has 0 saturated heterocycles. The van der Waals surface area contributed by atoms with Crippen LogP contribution in [0.1, 0.15) is 28.0 Å². The van der Waals surface area contributed by atoms with Gasteiger partial charge in [0.2, 0.25) is 0 Å². The molecule has 0 saturated carbocycles. The van der Waals surface area contributed by atoms with Crippen LogP contribution in [0.2, 0.25) is 0 Å². The minimum Gasteiger partial charge on any atom is -0.351 e. The molecule has 0 spiro atoms. The molecule has 0 aliphatic rings. The third kappa shape index (κ3) is 4.09. The third-order valence-corrected chi connectivity index (χ3v) is 5.34. The molecule has 0 unspecified atom stereocenters. The van der Waals surface area contributed by atoms with E-state index in [0.29, 0.717) is 12.2 Å². The van der Waals surface area contributed by atoms with Crippen molar-refractivity contribution in [2.24, 2.45) is 14.1 Å². The van der Waals surface area contributed by atoms with Crippen LogP contribution in [0, 0.1) is 6.92 Å². The van der Waals surface area contributed by atoms with Crippen LogP contribution < -0.4 is 5.32 Å². The van der Waals surface area contributed by atoms with Crippen LogP contribution in [0.15, 0.2) is 60.9 Å². The Bertz CT molecular complexity index is 1150. The summed E-state index contributed by atoms with van der Waals surface area (Å²) in [6.45, 7) is 2.66. The van der Waals surface area contributed by atoms with Crippen LogP contribution in [0.25, 0.3) is 22.0 Å². The highest BCUT2D eigenvalue weighted by Crippen LogP contribution is 2.24. The van der Waals surface area contributed by atoms with Gasteiger partial charge in [-0.15, -0.1) is 0 Å². The Morgan fingerprint density at radius 3 is 2.52 bits per heavy atom. The summed E-state index contributed by atoms with van der Waals surface area (Å²) in [5.41, 5.74) is 6.62. The van der Waals surface area contributed by atoms with Crippen molar-refractivity contribution >= 4 is 16.8 Å². The first-order valence-corrected chi connectivity index (χ1v) is 9.93. The number of nitrogens with one attached hydrogen (secondary N) is 1. The van der Waals surface area contributed by atoms with Crippen LogP contribution >= 0.6 is 0 Å². The van der Waals surface area contributed by atoms with E-state index in [0.717, 1.165) is 29.3 Å². The Morgan fingerprint density at radius 1 is 1.03 bits per heavy atom. The highest BCUT2D eigenvalue weighted by Gasteiger charge is 2.09. The summed E-state index contributed by atoms with van der Waals surface area (Å²) in [5.74, 6) is -0.0123. The van der Waals surface area contributed by atoms with Crippen molar-refractivity contribution in [3.63, 3.8) is 0 Å². The molecule has 0 radical (unpaired) electrons. The SMILES string of the molecule is Cc1cc(C(=O)NCCCc2ccc(-c3ccc4c(cnn4C)c3)cc2)n(C)c1. The zero-order chi connectivity index (χ0) is 20.4. The second-order valence-corrected chi connectivity index (χ2v) is 7.61. The maximum absolute atomic E-state index is 12.2. The summed E-state index contributed by atoms with van der Waals surface area (Å²) >= 11 is 0. The fraction of sp³-hybridized carbons (Fsp3) is 0.250. The first-order chi connectivity index (χ1) is 14.0. The molecule has 2 heterocycles. The van der Waals surface area contributed by atoms with Crippen LogP contribution in [-0.4, -0.2) is 26.8 Å². The number of rotatable bonds is 6. The molecule has 29 heavy (non-hydrogen) atoms. The van der Waals surface area contributed by atoms with Gasteiger partial charge in [-0.25, -0.2) is 0 Å². The van der Waals surface area contributed by atoms with Gasteiger partial charge in [-0.2, -0.15) is 5.10 Å². The van der Waals surface area contributed by atoms with E-state index >= 15 is 0 Å². The van der Waals surface area contributed by atoms with E-state index < -0.39 is 0 Å². The molecular formula is C24H26N4O. The Balaban J connectivity index is 1.32. The number of amides is 1. The lowest BCUT2D eigenvalue weighted by Crippen LogP contribution is -2.26. The van der Waals surface area contributed by atoms with Crippen LogP contribution in [0.5, 0.6) is 0 Å². The summed E-state index contributed by atoms with van der Waals surface area (Å²) in [6.07, 6.45) is 5.71. The second-order valence-electron chi connectivity index (χ2n) is 7.61. The maximum Gasteiger partial charge on any atom is 0.267 e. The number of carbonyl (C=O) groups is 1. The fourth-order valence-corrected chi connectivity index (χ4v) is 3.75. The molecule has 0 aliphatic heterocycles. The number of hydrogen-bond donors (Lipinski definition) is 1. The van der Waals surface area contributed by atoms with Gasteiger partial charge < -0.3 is 9.88 Å². The second kappa shape index (κ2) is 7.95.